The second-order valence-corrected chi connectivity index (χ2v) is 10.2. The number of fused-ring (bicyclic) bond motifs is 2. The van der Waals surface area contributed by atoms with Crippen molar-refractivity contribution in [2.24, 2.45) is 0 Å². The average Bonchev–Trinajstić information content (AvgIpc) is 3.22. The Morgan fingerprint density at radius 3 is 2.45 bits per heavy atom. The second kappa shape index (κ2) is 9.15. The lowest BCUT2D eigenvalue weighted by molar-refractivity contribution is -0.482. The number of aliphatic hydroxyl groups is 4. The molecule has 10 nitrogen and oxygen atoms in total. The summed E-state index contributed by atoms with van der Waals surface area (Å²) in [7, 11) is 3.31. The highest BCUT2D eigenvalue weighted by atomic mass is 32.2. The molecular weight excluding hydrogens is 426 g/mol. The van der Waals surface area contributed by atoms with Crippen molar-refractivity contribution in [2.45, 2.75) is 85.3 Å². The normalized spacial score (nSPS) is 52.0. The van der Waals surface area contributed by atoms with Crippen LogP contribution in [-0.2, 0) is 14.2 Å². The smallest absolute Gasteiger partial charge is 0.249 e. The van der Waals surface area contributed by atoms with Gasteiger partial charge in [-0.05, 0) is 32.8 Å². The Kier molecular flexibility index (Phi) is 7.03. The number of allylic oxidation sites excluding steroid dienone is 1. The van der Waals surface area contributed by atoms with E-state index in [1.54, 1.807) is 32.8 Å². The highest BCUT2D eigenvalue weighted by Crippen LogP contribution is 2.46. The third-order valence-corrected chi connectivity index (χ3v) is 8.00. The first-order valence-corrected chi connectivity index (χ1v) is 11.8. The van der Waals surface area contributed by atoms with E-state index in [2.05, 4.69) is 27.4 Å². The first kappa shape index (κ1) is 23.8. The monoisotopic (exact) mass is 461 g/mol. The number of ether oxygens (including phenoxy) is 3. The molecule has 0 radical (unpaired) electrons. The third-order valence-electron chi connectivity index (χ3n) is 6.90. The van der Waals surface area contributed by atoms with Gasteiger partial charge in [-0.25, -0.2) is 0 Å². The van der Waals surface area contributed by atoms with Crippen molar-refractivity contribution in [3.8, 4) is 0 Å². The van der Waals surface area contributed by atoms with Crippen molar-refractivity contribution < 1.29 is 34.6 Å². The van der Waals surface area contributed by atoms with Crippen LogP contribution in [0.5, 0.6) is 0 Å². The van der Waals surface area contributed by atoms with Gasteiger partial charge in [-0.1, -0.05) is 6.08 Å². The van der Waals surface area contributed by atoms with E-state index >= 15 is 0 Å². The van der Waals surface area contributed by atoms with Gasteiger partial charge in [0.2, 0.25) is 12.1 Å². The SMILES string of the molecule is CNC1C(O)C(NC)C2OC3(O)C(OC(C)CC3(O)CNCC3CC=CS3)OC2C1O. The van der Waals surface area contributed by atoms with Crippen molar-refractivity contribution in [3.63, 3.8) is 0 Å². The van der Waals surface area contributed by atoms with Gasteiger partial charge in [-0.15, -0.1) is 11.8 Å². The van der Waals surface area contributed by atoms with Gasteiger partial charge in [-0.2, -0.15) is 0 Å². The predicted molar refractivity (Wildman–Crippen MR) is 114 cm³/mol. The minimum absolute atomic E-state index is 0.0833. The van der Waals surface area contributed by atoms with Crippen molar-refractivity contribution in [3.05, 3.63) is 11.5 Å². The molecular formula is C20H35N3O7S. The first-order chi connectivity index (χ1) is 14.7. The molecule has 0 aromatic rings. The molecule has 11 heteroatoms. The standard InChI is InChI=1S/C20H35N3O7S/c1-10-7-19(26,9-23-8-11-5-4-6-31-11)20(27)18(28-10)29-17-15(25)12(21-2)14(24)13(22-3)16(17)30-20/h4,6,10-18,21-27H,5,7-9H2,1-3H3. The number of aliphatic hydroxyl groups excluding tert-OH is 2. The summed E-state index contributed by atoms with van der Waals surface area (Å²) in [6.07, 6.45) is -2.35. The molecule has 3 aliphatic heterocycles. The second-order valence-electron chi connectivity index (χ2n) is 9.00. The molecule has 7 N–H and O–H groups in total. The molecule has 1 saturated carbocycles. The summed E-state index contributed by atoms with van der Waals surface area (Å²) in [6, 6.07) is -1.30. The van der Waals surface area contributed by atoms with E-state index in [-0.39, 0.29) is 13.0 Å². The summed E-state index contributed by atoms with van der Waals surface area (Å²) in [5.41, 5.74) is -1.69. The van der Waals surface area contributed by atoms with Gasteiger partial charge < -0.3 is 50.6 Å². The van der Waals surface area contributed by atoms with Gasteiger partial charge in [0.1, 0.15) is 23.9 Å². The molecule has 2 saturated heterocycles. The molecule has 178 valence electrons. The Labute approximate surface area is 186 Å². The molecule has 0 bridgehead atoms. The number of likely N-dealkylation sites (N-methyl/N-ethyl adjacent to an activating group) is 2. The highest BCUT2D eigenvalue weighted by molar-refractivity contribution is 8.03. The maximum atomic E-state index is 11.6. The van der Waals surface area contributed by atoms with E-state index in [0.717, 1.165) is 6.42 Å². The Balaban J connectivity index is 1.56. The van der Waals surface area contributed by atoms with Crippen molar-refractivity contribution in [1.82, 2.24) is 16.0 Å². The quantitative estimate of drug-likeness (QED) is 0.232. The lowest BCUT2D eigenvalue weighted by atomic mass is 9.77. The maximum absolute atomic E-state index is 11.6. The predicted octanol–water partition coefficient (Wildman–Crippen LogP) is -2.15. The van der Waals surface area contributed by atoms with E-state index < -0.39 is 60.3 Å². The summed E-state index contributed by atoms with van der Waals surface area (Å²) in [5.74, 6) is -2.17. The van der Waals surface area contributed by atoms with Crippen molar-refractivity contribution in [1.29, 1.82) is 0 Å². The highest BCUT2D eigenvalue weighted by Gasteiger charge is 2.68. The first-order valence-electron chi connectivity index (χ1n) is 10.9. The molecule has 0 aromatic heterocycles. The number of hydrogen-bond donors (Lipinski definition) is 7. The Morgan fingerprint density at radius 1 is 1.06 bits per heavy atom. The van der Waals surface area contributed by atoms with Crippen LogP contribution in [0.1, 0.15) is 19.8 Å². The minimum atomic E-state index is -2.17. The van der Waals surface area contributed by atoms with E-state index in [0.29, 0.717) is 11.8 Å². The molecule has 31 heavy (non-hydrogen) atoms. The fourth-order valence-electron chi connectivity index (χ4n) is 5.23. The van der Waals surface area contributed by atoms with Gasteiger partial charge in [-0.3, -0.25) is 0 Å². The van der Waals surface area contributed by atoms with E-state index in [1.807, 2.05) is 0 Å². The molecule has 11 unspecified atom stereocenters. The Hall–Kier alpha value is -0.310. The number of rotatable bonds is 6. The number of thioether (sulfide) groups is 1. The molecule has 3 heterocycles. The maximum Gasteiger partial charge on any atom is 0.249 e. The van der Waals surface area contributed by atoms with Gasteiger partial charge >= 0.3 is 0 Å². The lowest BCUT2D eigenvalue weighted by Crippen LogP contribution is -2.81. The van der Waals surface area contributed by atoms with Gasteiger partial charge in [0.25, 0.3) is 0 Å². The van der Waals surface area contributed by atoms with Crippen LogP contribution in [0.15, 0.2) is 11.5 Å². The zero-order chi connectivity index (χ0) is 22.4. The lowest BCUT2D eigenvalue weighted by Gasteiger charge is -2.60. The van der Waals surface area contributed by atoms with Crippen LogP contribution in [0.3, 0.4) is 0 Å². The van der Waals surface area contributed by atoms with Crippen LogP contribution in [-0.4, -0.2) is 113 Å². The van der Waals surface area contributed by atoms with E-state index in [9.17, 15) is 20.4 Å². The van der Waals surface area contributed by atoms with Crippen molar-refractivity contribution in [2.75, 3.05) is 27.2 Å². The third kappa shape index (κ3) is 4.08. The minimum Gasteiger partial charge on any atom is -0.390 e. The van der Waals surface area contributed by atoms with Crippen LogP contribution in [0.25, 0.3) is 0 Å². The summed E-state index contributed by atoms with van der Waals surface area (Å²) >= 11 is 1.73. The topological polar surface area (TPSA) is 145 Å². The molecule has 0 amide bonds. The zero-order valence-electron chi connectivity index (χ0n) is 18.1. The number of hydrogen-bond acceptors (Lipinski definition) is 11. The van der Waals surface area contributed by atoms with Crippen molar-refractivity contribution >= 4 is 11.8 Å². The van der Waals surface area contributed by atoms with E-state index in [1.165, 1.54) is 0 Å². The van der Waals surface area contributed by atoms with Gasteiger partial charge in [0.05, 0.1) is 24.3 Å². The summed E-state index contributed by atoms with van der Waals surface area (Å²) in [6.45, 7) is 2.55. The molecule has 3 fully saturated rings. The van der Waals surface area contributed by atoms with Crippen LogP contribution in [0.2, 0.25) is 0 Å². The summed E-state index contributed by atoms with van der Waals surface area (Å²) in [4.78, 5) is 0. The summed E-state index contributed by atoms with van der Waals surface area (Å²) in [5, 5.41) is 56.3. The fourth-order valence-corrected chi connectivity index (χ4v) is 6.11. The van der Waals surface area contributed by atoms with Gasteiger partial charge in [0, 0.05) is 24.8 Å². The molecule has 0 aromatic carbocycles. The fraction of sp³-hybridized carbons (Fsp3) is 0.900. The van der Waals surface area contributed by atoms with Crippen LogP contribution in [0, 0.1) is 0 Å². The van der Waals surface area contributed by atoms with E-state index in [4.69, 9.17) is 14.2 Å². The zero-order valence-corrected chi connectivity index (χ0v) is 18.9. The van der Waals surface area contributed by atoms with Crippen LogP contribution >= 0.6 is 11.8 Å². The Morgan fingerprint density at radius 2 is 1.81 bits per heavy atom. The molecule has 0 spiro atoms. The molecule has 1 aliphatic carbocycles. The molecule has 11 atom stereocenters. The largest absolute Gasteiger partial charge is 0.390 e. The Bertz CT molecular complexity index is 667. The average molecular weight is 462 g/mol. The number of nitrogens with one attached hydrogen (secondary N) is 3. The van der Waals surface area contributed by atoms with Crippen LogP contribution < -0.4 is 16.0 Å². The summed E-state index contributed by atoms with van der Waals surface area (Å²) < 4.78 is 17.9. The molecule has 4 rings (SSSR count). The van der Waals surface area contributed by atoms with Crippen LogP contribution in [0.4, 0.5) is 0 Å². The van der Waals surface area contributed by atoms with Gasteiger partial charge in [0.15, 0.2) is 0 Å². The molecule has 4 aliphatic rings.